The van der Waals surface area contributed by atoms with E-state index in [4.69, 9.17) is 9.84 Å². The topological polar surface area (TPSA) is 63.6 Å². The maximum atomic E-state index is 13.3. The SMILES string of the molecule is CS(=O)(=O)CCCOc1c(F)cccc1CO. The molecule has 0 aliphatic heterocycles. The third-order valence-corrected chi connectivity index (χ3v) is 3.15. The van der Waals surface area contributed by atoms with Gasteiger partial charge >= 0.3 is 0 Å². The van der Waals surface area contributed by atoms with Gasteiger partial charge in [-0.15, -0.1) is 0 Å². The first-order chi connectivity index (χ1) is 7.94. The van der Waals surface area contributed by atoms with Gasteiger partial charge in [0.2, 0.25) is 0 Å². The molecule has 0 unspecified atom stereocenters. The van der Waals surface area contributed by atoms with Gasteiger partial charge in [-0.05, 0) is 12.5 Å². The van der Waals surface area contributed by atoms with Crippen molar-refractivity contribution >= 4 is 9.84 Å². The van der Waals surface area contributed by atoms with Crippen LogP contribution in [0.4, 0.5) is 4.39 Å². The zero-order valence-corrected chi connectivity index (χ0v) is 10.3. The van der Waals surface area contributed by atoms with E-state index in [0.29, 0.717) is 5.56 Å². The van der Waals surface area contributed by atoms with E-state index in [9.17, 15) is 12.8 Å². The van der Waals surface area contributed by atoms with Crippen LogP contribution in [0.2, 0.25) is 0 Å². The molecular weight excluding hydrogens is 247 g/mol. The van der Waals surface area contributed by atoms with E-state index in [0.717, 1.165) is 6.26 Å². The third kappa shape index (κ3) is 4.70. The lowest BCUT2D eigenvalue weighted by atomic mass is 10.2. The Morgan fingerprint density at radius 2 is 2.12 bits per heavy atom. The van der Waals surface area contributed by atoms with Crippen molar-refractivity contribution in [3.63, 3.8) is 0 Å². The molecule has 1 rings (SSSR count). The van der Waals surface area contributed by atoms with Crippen LogP contribution >= 0.6 is 0 Å². The third-order valence-electron chi connectivity index (χ3n) is 2.12. The van der Waals surface area contributed by atoms with Crippen molar-refractivity contribution in [3.05, 3.63) is 29.6 Å². The predicted octanol–water partition coefficient (Wildman–Crippen LogP) is 1.13. The number of benzene rings is 1. The number of aliphatic hydroxyl groups excluding tert-OH is 1. The second-order valence-electron chi connectivity index (χ2n) is 3.72. The molecule has 0 heterocycles. The number of hydrogen-bond donors (Lipinski definition) is 1. The molecule has 0 spiro atoms. The van der Waals surface area contributed by atoms with Crippen molar-refractivity contribution in [2.75, 3.05) is 18.6 Å². The van der Waals surface area contributed by atoms with Crippen molar-refractivity contribution in [1.82, 2.24) is 0 Å². The average molecular weight is 262 g/mol. The summed E-state index contributed by atoms with van der Waals surface area (Å²) in [6.07, 6.45) is 1.42. The minimum absolute atomic E-state index is 0.00406. The van der Waals surface area contributed by atoms with E-state index < -0.39 is 15.7 Å². The Labute approximate surface area is 100.0 Å². The molecule has 0 aliphatic rings. The number of halogens is 1. The van der Waals surface area contributed by atoms with Gasteiger partial charge in [-0.3, -0.25) is 0 Å². The van der Waals surface area contributed by atoms with Crippen molar-refractivity contribution in [3.8, 4) is 5.75 Å². The molecule has 1 N–H and O–H groups in total. The molecule has 0 saturated carbocycles. The van der Waals surface area contributed by atoms with Crippen molar-refractivity contribution in [2.45, 2.75) is 13.0 Å². The van der Waals surface area contributed by atoms with Gasteiger partial charge in [0.05, 0.1) is 19.0 Å². The number of hydrogen-bond acceptors (Lipinski definition) is 4. The first-order valence-corrected chi connectivity index (χ1v) is 7.19. The first kappa shape index (κ1) is 13.9. The quantitative estimate of drug-likeness (QED) is 0.781. The van der Waals surface area contributed by atoms with Crippen LogP contribution in [-0.4, -0.2) is 32.1 Å². The molecule has 0 aliphatic carbocycles. The van der Waals surface area contributed by atoms with Crippen LogP contribution in [0.3, 0.4) is 0 Å². The number of ether oxygens (including phenoxy) is 1. The minimum Gasteiger partial charge on any atom is -0.490 e. The van der Waals surface area contributed by atoms with Crippen LogP contribution in [0.5, 0.6) is 5.75 Å². The number of aliphatic hydroxyl groups is 1. The number of para-hydroxylation sites is 1. The monoisotopic (exact) mass is 262 g/mol. The Morgan fingerprint density at radius 3 is 2.71 bits per heavy atom. The van der Waals surface area contributed by atoms with Crippen molar-refractivity contribution in [2.24, 2.45) is 0 Å². The molecular formula is C11H15FO4S. The van der Waals surface area contributed by atoms with Crippen LogP contribution < -0.4 is 4.74 Å². The Hall–Kier alpha value is -1.14. The highest BCUT2D eigenvalue weighted by molar-refractivity contribution is 7.90. The molecule has 1 aromatic carbocycles. The zero-order valence-electron chi connectivity index (χ0n) is 9.52. The highest BCUT2D eigenvalue weighted by Crippen LogP contribution is 2.22. The zero-order chi connectivity index (χ0) is 12.9. The summed E-state index contributed by atoms with van der Waals surface area (Å²) in [5.41, 5.74) is 0.351. The summed E-state index contributed by atoms with van der Waals surface area (Å²) in [6, 6.07) is 4.25. The van der Waals surface area contributed by atoms with E-state index in [1.165, 1.54) is 12.1 Å². The molecule has 0 amide bonds. The molecule has 0 saturated heterocycles. The second-order valence-corrected chi connectivity index (χ2v) is 5.98. The van der Waals surface area contributed by atoms with Crippen molar-refractivity contribution in [1.29, 1.82) is 0 Å². The molecule has 0 atom stereocenters. The molecule has 1 aromatic rings. The Balaban J connectivity index is 2.57. The molecule has 0 radical (unpaired) electrons. The number of rotatable bonds is 6. The lowest BCUT2D eigenvalue weighted by molar-refractivity contribution is 0.256. The minimum atomic E-state index is -3.03. The largest absolute Gasteiger partial charge is 0.490 e. The fourth-order valence-electron chi connectivity index (χ4n) is 1.34. The molecule has 0 aromatic heterocycles. The summed E-state index contributed by atoms with van der Waals surface area (Å²) < 4.78 is 40.2. The van der Waals surface area contributed by atoms with Gasteiger partial charge in [-0.2, -0.15) is 0 Å². The van der Waals surface area contributed by atoms with Crippen LogP contribution in [0.15, 0.2) is 18.2 Å². The maximum absolute atomic E-state index is 13.3. The van der Waals surface area contributed by atoms with Gasteiger partial charge in [0.1, 0.15) is 9.84 Å². The van der Waals surface area contributed by atoms with Gasteiger partial charge in [-0.1, -0.05) is 12.1 Å². The van der Waals surface area contributed by atoms with E-state index >= 15 is 0 Å². The summed E-state index contributed by atoms with van der Waals surface area (Å²) in [5.74, 6) is -0.574. The molecule has 96 valence electrons. The highest BCUT2D eigenvalue weighted by atomic mass is 32.2. The van der Waals surface area contributed by atoms with Crippen LogP contribution in [0.25, 0.3) is 0 Å². The fourth-order valence-corrected chi connectivity index (χ4v) is 1.98. The van der Waals surface area contributed by atoms with E-state index in [1.807, 2.05) is 0 Å². The van der Waals surface area contributed by atoms with E-state index in [1.54, 1.807) is 6.07 Å². The van der Waals surface area contributed by atoms with Crippen LogP contribution in [-0.2, 0) is 16.4 Å². The summed E-state index contributed by atoms with van der Waals surface area (Å²) >= 11 is 0. The van der Waals surface area contributed by atoms with Crippen molar-refractivity contribution < 1.29 is 22.7 Å². The average Bonchev–Trinajstić information content (AvgIpc) is 2.24. The maximum Gasteiger partial charge on any atom is 0.165 e. The normalized spacial score (nSPS) is 11.5. The Bertz CT molecular complexity index is 470. The van der Waals surface area contributed by atoms with Crippen LogP contribution in [0.1, 0.15) is 12.0 Å². The summed E-state index contributed by atoms with van der Waals surface area (Å²) in [5, 5.41) is 8.99. The van der Waals surface area contributed by atoms with Gasteiger partial charge in [-0.25, -0.2) is 12.8 Å². The van der Waals surface area contributed by atoms with Crippen LogP contribution in [0, 0.1) is 5.82 Å². The highest BCUT2D eigenvalue weighted by Gasteiger charge is 2.09. The first-order valence-electron chi connectivity index (χ1n) is 5.13. The molecule has 0 fully saturated rings. The Kier molecular flexibility index (Phi) is 4.89. The van der Waals surface area contributed by atoms with Gasteiger partial charge in [0.25, 0.3) is 0 Å². The summed E-state index contributed by atoms with van der Waals surface area (Å²) in [6.45, 7) is -0.222. The summed E-state index contributed by atoms with van der Waals surface area (Å²) in [7, 11) is -3.03. The van der Waals surface area contributed by atoms with E-state index in [2.05, 4.69) is 0 Å². The molecule has 4 nitrogen and oxygen atoms in total. The second kappa shape index (κ2) is 5.97. The lowest BCUT2D eigenvalue weighted by Crippen LogP contribution is -2.09. The summed E-state index contributed by atoms with van der Waals surface area (Å²) in [4.78, 5) is 0. The molecule has 17 heavy (non-hydrogen) atoms. The predicted molar refractivity (Wildman–Crippen MR) is 62.1 cm³/mol. The molecule has 6 heteroatoms. The van der Waals surface area contributed by atoms with Gasteiger partial charge < -0.3 is 9.84 Å². The van der Waals surface area contributed by atoms with Gasteiger partial charge in [0, 0.05) is 11.8 Å². The molecule has 0 bridgehead atoms. The smallest absolute Gasteiger partial charge is 0.165 e. The van der Waals surface area contributed by atoms with Gasteiger partial charge in [0.15, 0.2) is 11.6 Å². The number of sulfone groups is 1. The Morgan fingerprint density at radius 1 is 1.41 bits per heavy atom. The standard InChI is InChI=1S/C11H15FO4S/c1-17(14,15)7-3-6-16-11-9(8-13)4-2-5-10(11)12/h2,4-5,13H,3,6-8H2,1H3. The lowest BCUT2D eigenvalue weighted by Gasteiger charge is -2.10. The fraction of sp³-hybridized carbons (Fsp3) is 0.455. The van der Waals surface area contributed by atoms with E-state index in [-0.39, 0.29) is 31.1 Å².